The minimum absolute atomic E-state index is 0.0405. The molecule has 1 heterocycles. The largest absolute Gasteiger partial charge is 0.391 e. The number of nitrogens with two attached hydrogens (primary N) is 1. The number of rotatable bonds is 10. The van der Waals surface area contributed by atoms with E-state index in [1.807, 2.05) is 48.5 Å². The zero-order valence-electron chi connectivity index (χ0n) is 20.3. The van der Waals surface area contributed by atoms with Crippen LogP contribution in [0.5, 0.6) is 0 Å². The van der Waals surface area contributed by atoms with Gasteiger partial charge in [-0.05, 0) is 49.8 Å². The average molecular weight is 491 g/mol. The summed E-state index contributed by atoms with van der Waals surface area (Å²) in [5.74, 6) is -1.73. The Hall–Kier alpha value is -3.36. The molecule has 0 radical (unpaired) electrons. The molecule has 8 heteroatoms. The second kappa shape index (κ2) is 11.6. The van der Waals surface area contributed by atoms with Crippen molar-refractivity contribution in [3.8, 4) is 0 Å². The van der Waals surface area contributed by atoms with Crippen LogP contribution in [-0.4, -0.2) is 49.7 Å². The van der Waals surface area contributed by atoms with Gasteiger partial charge in [0.1, 0.15) is 5.69 Å². The fourth-order valence-corrected chi connectivity index (χ4v) is 5.09. The maximum Gasteiger partial charge on any atom is 0.271 e. The number of para-hydroxylation sites is 2. The molecule has 2 amide bonds. The Kier molecular flexibility index (Phi) is 8.28. The molecule has 2 aromatic carbocycles. The van der Waals surface area contributed by atoms with E-state index in [0.29, 0.717) is 30.3 Å². The summed E-state index contributed by atoms with van der Waals surface area (Å²) in [6.07, 6.45) is 5.07. The summed E-state index contributed by atoms with van der Waals surface area (Å²) in [6.45, 7) is 0. The lowest BCUT2D eigenvalue weighted by Gasteiger charge is -2.35. The van der Waals surface area contributed by atoms with Gasteiger partial charge in [0.2, 0.25) is 5.91 Å². The molecule has 8 nitrogen and oxygen atoms in total. The Morgan fingerprint density at radius 1 is 1.00 bits per heavy atom. The first-order valence-corrected chi connectivity index (χ1v) is 12.6. The predicted molar refractivity (Wildman–Crippen MR) is 137 cm³/mol. The third-order valence-corrected chi connectivity index (χ3v) is 7.10. The van der Waals surface area contributed by atoms with Gasteiger partial charge in [-0.2, -0.15) is 0 Å². The number of fused-ring (bicyclic) bond motifs is 1. The lowest BCUT2D eigenvalue weighted by molar-refractivity contribution is -0.126. The maximum atomic E-state index is 13.1. The van der Waals surface area contributed by atoms with E-state index in [1.165, 1.54) is 6.20 Å². The van der Waals surface area contributed by atoms with E-state index < -0.39 is 35.5 Å². The van der Waals surface area contributed by atoms with Crippen LogP contribution in [0.2, 0.25) is 0 Å². The Balaban J connectivity index is 1.52. The van der Waals surface area contributed by atoms with Crippen molar-refractivity contribution in [3.05, 3.63) is 72.1 Å². The first kappa shape index (κ1) is 25.7. The molecule has 1 aliphatic carbocycles. The van der Waals surface area contributed by atoms with Crippen LogP contribution < -0.4 is 11.1 Å². The highest BCUT2D eigenvalue weighted by Crippen LogP contribution is 2.34. The maximum absolute atomic E-state index is 13.1. The average Bonchev–Trinajstić information content (AvgIpc) is 2.88. The zero-order valence-corrected chi connectivity index (χ0v) is 20.3. The van der Waals surface area contributed by atoms with Crippen molar-refractivity contribution in [3.63, 3.8) is 0 Å². The van der Waals surface area contributed by atoms with E-state index in [0.717, 1.165) is 24.8 Å². The van der Waals surface area contributed by atoms with Gasteiger partial charge in [0.15, 0.2) is 0 Å². The van der Waals surface area contributed by atoms with Crippen LogP contribution in [0, 0.1) is 5.92 Å². The highest BCUT2D eigenvalue weighted by molar-refractivity contribution is 5.94. The molecule has 0 saturated heterocycles. The summed E-state index contributed by atoms with van der Waals surface area (Å²) in [7, 11) is 0. The van der Waals surface area contributed by atoms with Crippen molar-refractivity contribution >= 4 is 22.8 Å². The van der Waals surface area contributed by atoms with Gasteiger partial charge in [-0.1, -0.05) is 61.7 Å². The lowest BCUT2D eigenvalue weighted by Crippen LogP contribution is -2.47. The number of aliphatic hydroxyl groups is 2. The van der Waals surface area contributed by atoms with Gasteiger partial charge in [0.25, 0.3) is 5.91 Å². The van der Waals surface area contributed by atoms with Crippen molar-refractivity contribution in [1.82, 2.24) is 15.3 Å². The SMILES string of the molecule is NC(=O)C(CC(O)C(Cc1ccccc1)NC(=O)c1cnc2ccccc2n1)CC1(O)CCCCC1. The van der Waals surface area contributed by atoms with Gasteiger partial charge >= 0.3 is 0 Å². The number of primary amides is 1. The number of hydrogen-bond acceptors (Lipinski definition) is 6. The molecular weight excluding hydrogens is 456 g/mol. The second-order valence-electron chi connectivity index (χ2n) is 9.91. The molecule has 0 bridgehead atoms. The normalized spacial score (nSPS) is 17.7. The van der Waals surface area contributed by atoms with Gasteiger partial charge in [-0.3, -0.25) is 14.6 Å². The summed E-state index contributed by atoms with van der Waals surface area (Å²) >= 11 is 0. The molecule has 4 rings (SSSR count). The van der Waals surface area contributed by atoms with Crippen molar-refractivity contribution in [2.75, 3.05) is 0 Å². The minimum Gasteiger partial charge on any atom is -0.391 e. The third kappa shape index (κ3) is 6.65. The zero-order chi connectivity index (χ0) is 25.5. The molecule has 5 N–H and O–H groups in total. The smallest absolute Gasteiger partial charge is 0.271 e. The molecule has 190 valence electrons. The summed E-state index contributed by atoms with van der Waals surface area (Å²) in [6, 6.07) is 16.1. The lowest BCUT2D eigenvalue weighted by atomic mass is 9.76. The van der Waals surface area contributed by atoms with E-state index in [9.17, 15) is 19.8 Å². The highest BCUT2D eigenvalue weighted by atomic mass is 16.3. The van der Waals surface area contributed by atoms with Gasteiger partial charge in [0, 0.05) is 5.92 Å². The molecule has 3 unspecified atom stereocenters. The number of nitrogens with zero attached hydrogens (tertiary/aromatic N) is 2. The predicted octanol–water partition coefficient (Wildman–Crippen LogP) is 2.91. The summed E-state index contributed by atoms with van der Waals surface area (Å²) < 4.78 is 0. The standard InChI is InChI=1S/C28H34N4O4/c29-26(34)20(17-28(36)13-7-2-8-14-28)16-25(33)23(15-19-9-3-1-4-10-19)32-27(35)24-18-30-21-11-5-6-12-22(21)31-24/h1,3-6,9-12,18,20,23,25,33,36H,2,7-8,13-17H2,(H2,29,34)(H,32,35). The van der Waals surface area contributed by atoms with Gasteiger partial charge in [-0.15, -0.1) is 0 Å². The number of aliphatic hydroxyl groups excluding tert-OH is 1. The number of aromatic nitrogens is 2. The van der Waals surface area contributed by atoms with Crippen LogP contribution in [0.3, 0.4) is 0 Å². The number of nitrogens with one attached hydrogen (secondary N) is 1. The number of benzene rings is 2. The highest BCUT2D eigenvalue weighted by Gasteiger charge is 2.36. The van der Waals surface area contributed by atoms with E-state index >= 15 is 0 Å². The Morgan fingerprint density at radius 3 is 2.36 bits per heavy atom. The molecule has 1 aliphatic rings. The van der Waals surface area contributed by atoms with Crippen LogP contribution in [0.1, 0.15) is 61.0 Å². The summed E-state index contributed by atoms with van der Waals surface area (Å²) in [4.78, 5) is 34.1. The van der Waals surface area contributed by atoms with E-state index in [2.05, 4.69) is 15.3 Å². The monoisotopic (exact) mass is 490 g/mol. The first-order valence-electron chi connectivity index (χ1n) is 12.6. The van der Waals surface area contributed by atoms with Crippen LogP contribution in [0.15, 0.2) is 60.8 Å². The van der Waals surface area contributed by atoms with Crippen molar-refractivity contribution < 1.29 is 19.8 Å². The van der Waals surface area contributed by atoms with Crippen LogP contribution in [-0.2, 0) is 11.2 Å². The van der Waals surface area contributed by atoms with E-state index in [4.69, 9.17) is 5.73 Å². The van der Waals surface area contributed by atoms with Crippen LogP contribution in [0.25, 0.3) is 11.0 Å². The van der Waals surface area contributed by atoms with Crippen molar-refractivity contribution in [1.29, 1.82) is 0 Å². The molecule has 3 aromatic rings. The van der Waals surface area contributed by atoms with E-state index in [1.54, 1.807) is 6.07 Å². The molecular formula is C28H34N4O4. The van der Waals surface area contributed by atoms with Crippen molar-refractivity contribution in [2.45, 2.75) is 69.1 Å². The summed E-state index contributed by atoms with van der Waals surface area (Å²) in [5, 5.41) is 25.1. The van der Waals surface area contributed by atoms with Gasteiger partial charge in [-0.25, -0.2) is 4.98 Å². The Labute approximate surface area is 211 Å². The molecule has 1 aromatic heterocycles. The van der Waals surface area contributed by atoms with E-state index in [-0.39, 0.29) is 18.5 Å². The molecule has 1 saturated carbocycles. The first-order chi connectivity index (χ1) is 17.3. The number of carbonyl (C=O) groups excluding carboxylic acids is 2. The topological polar surface area (TPSA) is 138 Å². The third-order valence-electron chi connectivity index (χ3n) is 7.10. The minimum atomic E-state index is -1.06. The molecule has 1 fully saturated rings. The quantitative estimate of drug-likeness (QED) is 0.345. The summed E-state index contributed by atoms with van der Waals surface area (Å²) in [5.41, 5.74) is 7.09. The number of hydrogen-bond donors (Lipinski definition) is 4. The molecule has 36 heavy (non-hydrogen) atoms. The molecule has 3 atom stereocenters. The fraction of sp³-hybridized carbons (Fsp3) is 0.429. The molecule has 0 spiro atoms. The van der Waals surface area contributed by atoms with Crippen LogP contribution in [0.4, 0.5) is 0 Å². The Morgan fingerprint density at radius 2 is 1.67 bits per heavy atom. The fourth-order valence-electron chi connectivity index (χ4n) is 5.09. The Bertz CT molecular complexity index is 1180. The van der Waals surface area contributed by atoms with Crippen LogP contribution >= 0.6 is 0 Å². The van der Waals surface area contributed by atoms with Gasteiger partial charge in [0.05, 0.1) is 35.0 Å². The second-order valence-corrected chi connectivity index (χ2v) is 9.91. The number of carbonyl (C=O) groups is 2. The number of amides is 2. The van der Waals surface area contributed by atoms with Gasteiger partial charge < -0.3 is 21.3 Å². The molecule has 0 aliphatic heterocycles. The van der Waals surface area contributed by atoms with Crippen molar-refractivity contribution in [2.24, 2.45) is 11.7 Å².